The second-order valence-corrected chi connectivity index (χ2v) is 9.18. The number of hydrogen-bond acceptors (Lipinski definition) is 8. The van der Waals surface area contributed by atoms with Gasteiger partial charge in [0.15, 0.2) is 12.2 Å². The smallest absolute Gasteiger partial charge is 0.315 e. The van der Waals surface area contributed by atoms with Gasteiger partial charge in [0.25, 0.3) is 11.8 Å². The van der Waals surface area contributed by atoms with E-state index in [0.717, 1.165) is 11.1 Å². The van der Waals surface area contributed by atoms with Crippen LogP contribution < -0.4 is 16.0 Å². The molecule has 2 aliphatic heterocycles. The van der Waals surface area contributed by atoms with Crippen LogP contribution >= 0.6 is 0 Å². The first-order valence-electron chi connectivity index (χ1n) is 11.8. The van der Waals surface area contributed by atoms with E-state index in [1.807, 2.05) is 0 Å². The standard InChI is InChI=1S/C26H30N4O6/c1-4-35-25(34)26(2,3)16-6-5-7-18(13-16)30-10-11-36-21(24(30)33)20(31)23(32)29-17-8-9-19-15(12-17)14-28-22(19)27/h5-9,12-13,20-21,31H,4,10-11,14H2,1-3H3,(H2,27,28)(H,29,32)/t20-,21-/m1/s1. The molecule has 1 saturated heterocycles. The number of hydrogen-bond donors (Lipinski definition) is 3. The minimum absolute atomic E-state index is 0.127. The fraction of sp³-hybridized carbons (Fsp3) is 0.385. The maximum Gasteiger partial charge on any atom is 0.315 e. The molecular weight excluding hydrogens is 464 g/mol. The fourth-order valence-electron chi connectivity index (χ4n) is 4.24. The van der Waals surface area contributed by atoms with Crippen LogP contribution in [0.2, 0.25) is 0 Å². The van der Waals surface area contributed by atoms with Crippen LogP contribution in [0.1, 0.15) is 37.5 Å². The zero-order valence-electron chi connectivity index (χ0n) is 20.5. The number of carbonyl (C=O) groups excluding carboxylic acids is 3. The molecule has 2 atom stereocenters. The lowest BCUT2D eigenvalue weighted by Crippen LogP contribution is -2.55. The molecule has 4 rings (SSSR count). The molecule has 0 bridgehead atoms. The number of amidine groups is 1. The molecule has 2 heterocycles. The van der Waals surface area contributed by atoms with E-state index in [0.29, 0.717) is 29.3 Å². The van der Waals surface area contributed by atoms with Crippen molar-refractivity contribution < 1.29 is 29.0 Å². The molecule has 0 radical (unpaired) electrons. The van der Waals surface area contributed by atoms with Crippen molar-refractivity contribution >= 4 is 35.0 Å². The molecular formula is C26H30N4O6. The van der Waals surface area contributed by atoms with Crippen LogP contribution in [0.5, 0.6) is 0 Å². The summed E-state index contributed by atoms with van der Waals surface area (Å²) >= 11 is 0. The van der Waals surface area contributed by atoms with Crippen LogP contribution in [-0.4, -0.2) is 60.7 Å². The molecule has 2 aromatic carbocycles. The van der Waals surface area contributed by atoms with E-state index in [2.05, 4.69) is 10.3 Å². The Morgan fingerprint density at radius 3 is 2.83 bits per heavy atom. The normalized spacial score (nSPS) is 18.3. The Morgan fingerprint density at radius 1 is 1.31 bits per heavy atom. The molecule has 190 valence electrons. The number of esters is 1. The highest BCUT2D eigenvalue weighted by Crippen LogP contribution is 2.30. The van der Waals surface area contributed by atoms with Gasteiger partial charge in [-0.2, -0.15) is 0 Å². The van der Waals surface area contributed by atoms with Gasteiger partial charge in [0.05, 0.1) is 25.2 Å². The molecule has 0 saturated carbocycles. The van der Waals surface area contributed by atoms with Crippen molar-refractivity contribution in [2.24, 2.45) is 10.7 Å². The molecule has 36 heavy (non-hydrogen) atoms. The van der Waals surface area contributed by atoms with Gasteiger partial charge in [0.1, 0.15) is 5.84 Å². The average molecular weight is 495 g/mol. The van der Waals surface area contributed by atoms with Crippen LogP contribution in [0.4, 0.5) is 11.4 Å². The van der Waals surface area contributed by atoms with Gasteiger partial charge in [0, 0.05) is 23.5 Å². The molecule has 0 unspecified atom stereocenters. The molecule has 10 heteroatoms. The molecule has 0 aromatic heterocycles. The zero-order valence-corrected chi connectivity index (χ0v) is 20.5. The van der Waals surface area contributed by atoms with Gasteiger partial charge in [-0.15, -0.1) is 0 Å². The van der Waals surface area contributed by atoms with E-state index in [9.17, 15) is 19.5 Å². The summed E-state index contributed by atoms with van der Waals surface area (Å²) in [6, 6.07) is 12.1. The Balaban J connectivity index is 1.48. The van der Waals surface area contributed by atoms with E-state index >= 15 is 0 Å². The third-order valence-corrected chi connectivity index (χ3v) is 6.41. The van der Waals surface area contributed by atoms with Crippen molar-refractivity contribution in [3.63, 3.8) is 0 Å². The number of anilines is 2. The number of rotatable bonds is 7. The van der Waals surface area contributed by atoms with Crippen molar-refractivity contribution in [3.05, 3.63) is 59.2 Å². The topological polar surface area (TPSA) is 144 Å². The number of nitrogens with zero attached hydrogens (tertiary/aromatic N) is 2. The zero-order chi connectivity index (χ0) is 26.0. The van der Waals surface area contributed by atoms with Crippen molar-refractivity contribution in [1.82, 2.24) is 0 Å². The van der Waals surface area contributed by atoms with E-state index in [1.54, 1.807) is 63.2 Å². The highest BCUT2D eigenvalue weighted by molar-refractivity contribution is 6.05. The summed E-state index contributed by atoms with van der Waals surface area (Å²) < 4.78 is 10.7. The van der Waals surface area contributed by atoms with Gasteiger partial charge in [-0.1, -0.05) is 12.1 Å². The quantitative estimate of drug-likeness (QED) is 0.495. The lowest BCUT2D eigenvalue weighted by molar-refractivity contribution is -0.150. The summed E-state index contributed by atoms with van der Waals surface area (Å²) in [6.45, 7) is 6.29. The second kappa shape index (κ2) is 10.1. The van der Waals surface area contributed by atoms with Gasteiger partial charge < -0.3 is 30.5 Å². The first-order valence-corrected chi connectivity index (χ1v) is 11.8. The number of nitrogens with one attached hydrogen (secondary N) is 1. The van der Waals surface area contributed by atoms with Gasteiger partial charge in [-0.3, -0.25) is 19.4 Å². The number of morpholine rings is 1. The van der Waals surface area contributed by atoms with Crippen LogP contribution in [0, 0.1) is 0 Å². The number of nitrogens with two attached hydrogens (primary N) is 1. The molecule has 4 N–H and O–H groups in total. The van der Waals surface area contributed by atoms with Crippen LogP contribution in [0.15, 0.2) is 47.5 Å². The fourth-order valence-corrected chi connectivity index (χ4v) is 4.24. The average Bonchev–Trinajstić information content (AvgIpc) is 3.23. The molecule has 2 aromatic rings. The molecule has 0 aliphatic carbocycles. The van der Waals surface area contributed by atoms with Gasteiger partial charge in [0.2, 0.25) is 0 Å². The van der Waals surface area contributed by atoms with E-state index in [-0.39, 0.29) is 25.7 Å². The number of amides is 2. The predicted molar refractivity (Wildman–Crippen MR) is 134 cm³/mol. The Morgan fingerprint density at radius 2 is 2.08 bits per heavy atom. The van der Waals surface area contributed by atoms with Gasteiger partial charge in [-0.05, 0) is 62.2 Å². The van der Waals surface area contributed by atoms with E-state index < -0.39 is 29.4 Å². The van der Waals surface area contributed by atoms with Crippen LogP contribution in [0.3, 0.4) is 0 Å². The van der Waals surface area contributed by atoms with Crippen LogP contribution in [0.25, 0.3) is 0 Å². The lowest BCUT2D eigenvalue weighted by atomic mass is 9.84. The first kappa shape index (κ1) is 25.3. The van der Waals surface area contributed by atoms with E-state index in [4.69, 9.17) is 15.2 Å². The van der Waals surface area contributed by atoms with Gasteiger partial charge >= 0.3 is 5.97 Å². The minimum Gasteiger partial charge on any atom is -0.465 e. The summed E-state index contributed by atoms with van der Waals surface area (Å²) in [4.78, 5) is 44.1. The number of aliphatic imine (C=N–C) groups is 1. The largest absolute Gasteiger partial charge is 0.465 e. The Kier molecular flexibility index (Phi) is 7.09. The van der Waals surface area contributed by atoms with Gasteiger partial charge in [-0.25, -0.2) is 0 Å². The SMILES string of the molecule is CCOC(=O)C(C)(C)c1cccc(N2CCO[C@H]([C@@H](O)C(=O)Nc3ccc4c(c3)CN=C4N)C2=O)c1. The summed E-state index contributed by atoms with van der Waals surface area (Å²) in [5, 5.41) is 13.3. The lowest BCUT2D eigenvalue weighted by Gasteiger charge is -2.34. The first-order chi connectivity index (χ1) is 17.1. The third-order valence-electron chi connectivity index (χ3n) is 6.41. The summed E-state index contributed by atoms with van der Waals surface area (Å²) in [7, 11) is 0. The maximum absolute atomic E-state index is 13.3. The summed E-state index contributed by atoms with van der Waals surface area (Å²) in [5.74, 6) is -1.25. The van der Waals surface area contributed by atoms with Crippen LogP contribution in [-0.2, 0) is 35.8 Å². The maximum atomic E-state index is 13.3. The number of ether oxygens (including phenoxy) is 2. The highest BCUT2D eigenvalue weighted by Gasteiger charge is 2.40. The van der Waals surface area contributed by atoms with E-state index in [1.165, 1.54) is 4.90 Å². The highest BCUT2D eigenvalue weighted by atomic mass is 16.5. The third kappa shape index (κ3) is 4.82. The number of carbonyl (C=O) groups is 3. The van der Waals surface area contributed by atoms with Crippen molar-refractivity contribution in [2.45, 2.75) is 44.9 Å². The second-order valence-electron chi connectivity index (χ2n) is 9.18. The summed E-state index contributed by atoms with van der Waals surface area (Å²) in [6.07, 6.45) is -3.11. The van der Waals surface area contributed by atoms with Crippen molar-refractivity contribution in [2.75, 3.05) is 30.0 Å². The predicted octanol–water partition coefficient (Wildman–Crippen LogP) is 1.48. The number of fused-ring (bicyclic) bond motifs is 1. The molecule has 2 aliphatic rings. The Bertz CT molecular complexity index is 1220. The number of benzene rings is 2. The summed E-state index contributed by atoms with van der Waals surface area (Å²) in [5.41, 5.74) is 8.23. The monoisotopic (exact) mass is 494 g/mol. The van der Waals surface area contributed by atoms with Crippen molar-refractivity contribution in [1.29, 1.82) is 0 Å². The molecule has 0 spiro atoms. The number of aliphatic hydroxyl groups is 1. The molecule has 10 nitrogen and oxygen atoms in total. The number of aliphatic hydroxyl groups excluding tert-OH is 1. The van der Waals surface area contributed by atoms with Crippen molar-refractivity contribution in [3.8, 4) is 0 Å². The Hall–Kier alpha value is -3.76. The Labute approximate surface area is 209 Å². The minimum atomic E-state index is -1.73. The molecule has 2 amide bonds. The molecule has 1 fully saturated rings.